The van der Waals surface area contributed by atoms with Crippen LogP contribution in [0, 0.1) is 0 Å². The van der Waals surface area contributed by atoms with Crippen LogP contribution in [0.25, 0.3) is 0 Å². The summed E-state index contributed by atoms with van der Waals surface area (Å²) in [6, 6.07) is 22.3. The summed E-state index contributed by atoms with van der Waals surface area (Å²) in [6.07, 6.45) is 0. The third kappa shape index (κ3) is 3.78. The number of amides is 3. The van der Waals surface area contributed by atoms with E-state index in [1.165, 1.54) is 4.90 Å². The quantitative estimate of drug-likeness (QED) is 0.647. The Kier molecular flexibility index (Phi) is 5.48. The summed E-state index contributed by atoms with van der Waals surface area (Å²) in [7, 11) is 1.63. The van der Waals surface area contributed by atoms with Crippen LogP contribution >= 0.6 is 11.6 Å². The summed E-state index contributed by atoms with van der Waals surface area (Å²) in [5.41, 5.74) is 0.521. The van der Waals surface area contributed by atoms with Crippen LogP contribution in [0.1, 0.15) is 26.3 Å². The van der Waals surface area contributed by atoms with E-state index in [-0.39, 0.29) is 18.4 Å². The lowest BCUT2D eigenvalue weighted by Gasteiger charge is -2.30. The first kappa shape index (κ1) is 20.6. The lowest BCUT2D eigenvalue weighted by atomic mass is 9.90. The van der Waals surface area contributed by atoms with Gasteiger partial charge in [0.1, 0.15) is 0 Å². The zero-order chi connectivity index (χ0) is 22.0. The van der Waals surface area contributed by atoms with Gasteiger partial charge in [-0.1, -0.05) is 48.0 Å². The number of likely N-dealkylation sites (N-methyl/N-ethyl adjacent to an activating group) is 1. The van der Waals surface area contributed by atoms with Gasteiger partial charge >= 0.3 is 0 Å². The number of carbonyl (C=O) groups excluding carboxylic acids is 3. The first-order valence-corrected chi connectivity index (χ1v) is 10.1. The highest BCUT2D eigenvalue weighted by molar-refractivity contribution is 6.31. The van der Waals surface area contributed by atoms with Crippen LogP contribution in [-0.4, -0.2) is 31.3 Å². The average molecular weight is 434 g/mol. The Balaban J connectivity index is 1.73. The summed E-state index contributed by atoms with van der Waals surface area (Å²) in [4.78, 5) is 40.6. The highest BCUT2D eigenvalue weighted by atomic mass is 35.5. The Bertz CT molecular complexity index is 1150. The van der Waals surface area contributed by atoms with Crippen LogP contribution in [0.15, 0.2) is 78.9 Å². The van der Waals surface area contributed by atoms with Crippen molar-refractivity contribution < 1.29 is 14.4 Å². The third-order valence-electron chi connectivity index (χ3n) is 5.36. The number of halogens is 1. The first-order valence-electron chi connectivity index (χ1n) is 9.71. The number of benzene rings is 3. The number of rotatable bonds is 5. The van der Waals surface area contributed by atoms with Gasteiger partial charge in [-0.3, -0.25) is 14.4 Å². The van der Waals surface area contributed by atoms with E-state index in [1.54, 1.807) is 79.8 Å². The predicted octanol–water partition coefficient (Wildman–Crippen LogP) is 3.37. The molecule has 1 heterocycles. The van der Waals surface area contributed by atoms with Gasteiger partial charge in [-0.15, -0.1) is 0 Å². The lowest BCUT2D eigenvalue weighted by molar-refractivity contribution is -0.123. The summed E-state index contributed by atoms with van der Waals surface area (Å²) >= 11 is 6.23. The van der Waals surface area contributed by atoms with Crippen molar-refractivity contribution in [2.24, 2.45) is 0 Å². The number of carbonyl (C=O) groups is 3. The van der Waals surface area contributed by atoms with Gasteiger partial charge in [0, 0.05) is 34.4 Å². The molecule has 0 saturated carbocycles. The second-order valence-electron chi connectivity index (χ2n) is 7.30. The van der Waals surface area contributed by atoms with Crippen molar-refractivity contribution in [1.82, 2.24) is 10.6 Å². The Morgan fingerprint density at radius 2 is 1.48 bits per heavy atom. The van der Waals surface area contributed by atoms with Gasteiger partial charge in [0.2, 0.25) is 0 Å². The lowest BCUT2D eigenvalue weighted by Crippen LogP contribution is -2.58. The maximum absolute atomic E-state index is 13.4. The van der Waals surface area contributed by atoms with Crippen LogP contribution in [0.4, 0.5) is 5.69 Å². The van der Waals surface area contributed by atoms with Crippen molar-refractivity contribution in [3.63, 3.8) is 0 Å². The molecular formula is C24H20ClN3O3. The summed E-state index contributed by atoms with van der Waals surface area (Å²) in [5, 5.41) is 6.11. The topological polar surface area (TPSA) is 78.5 Å². The van der Waals surface area contributed by atoms with Gasteiger partial charge < -0.3 is 15.5 Å². The minimum atomic E-state index is -1.49. The monoisotopic (exact) mass is 433 g/mol. The molecule has 0 radical (unpaired) electrons. The van der Waals surface area contributed by atoms with E-state index < -0.39 is 11.4 Å². The fraction of sp³-hybridized carbons (Fsp3) is 0.125. The van der Waals surface area contributed by atoms with E-state index in [2.05, 4.69) is 10.6 Å². The van der Waals surface area contributed by atoms with Gasteiger partial charge in [-0.25, -0.2) is 0 Å². The van der Waals surface area contributed by atoms with E-state index in [1.807, 2.05) is 6.07 Å². The second-order valence-corrected chi connectivity index (χ2v) is 7.74. The molecule has 1 aliphatic heterocycles. The highest BCUT2D eigenvalue weighted by Crippen LogP contribution is 2.41. The normalized spacial score (nSPS) is 17.2. The van der Waals surface area contributed by atoms with E-state index in [4.69, 9.17) is 11.6 Å². The second kappa shape index (κ2) is 8.24. The van der Waals surface area contributed by atoms with E-state index >= 15 is 0 Å². The number of anilines is 1. The smallest absolute Gasteiger partial charge is 0.259 e. The van der Waals surface area contributed by atoms with Gasteiger partial charge in [-0.05, 0) is 42.5 Å². The van der Waals surface area contributed by atoms with Crippen LogP contribution in [0.3, 0.4) is 0 Å². The van der Waals surface area contributed by atoms with Gasteiger partial charge in [-0.2, -0.15) is 0 Å². The summed E-state index contributed by atoms with van der Waals surface area (Å²) < 4.78 is 0. The molecular weight excluding hydrogens is 414 g/mol. The number of hydrogen-bond donors (Lipinski definition) is 2. The maximum atomic E-state index is 13.4. The molecule has 7 heteroatoms. The first-order chi connectivity index (χ1) is 14.9. The van der Waals surface area contributed by atoms with Gasteiger partial charge in [0.25, 0.3) is 17.7 Å². The van der Waals surface area contributed by atoms with Gasteiger partial charge in [0.05, 0.1) is 6.54 Å². The minimum Gasteiger partial charge on any atom is -0.349 e. The van der Waals surface area contributed by atoms with E-state index in [0.717, 1.165) is 0 Å². The SMILES string of the molecule is CN1C(=O)C(CNC(=O)c2ccccc2)(NC(=O)c2ccccc2)c2cc(Cl)ccc21. The van der Waals surface area contributed by atoms with Crippen LogP contribution in [0.2, 0.25) is 5.02 Å². The molecule has 3 amide bonds. The zero-order valence-corrected chi connectivity index (χ0v) is 17.5. The molecule has 0 aromatic heterocycles. The fourth-order valence-corrected chi connectivity index (χ4v) is 3.92. The molecule has 1 unspecified atom stereocenters. The number of fused-ring (bicyclic) bond motifs is 1. The van der Waals surface area contributed by atoms with Crippen molar-refractivity contribution in [3.05, 3.63) is 101 Å². The Hall–Kier alpha value is -3.64. The van der Waals surface area contributed by atoms with Crippen molar-refractivity contribution in [3.8, 4) is 0 Å². The average Bonchev–Trinajstić information content (AvgIpc) is 3.00. The molecule has 4 rings (SSSR count). The van der Waals surface area contributed by atoms with E-state index in [0.29, 0.717) is 27.4 Å². The molecule has 0 aliphatic carbocycles. The maximum Gasteiger partial charge on any atom is 0.259 e. The molecule has 1 aliphatic rings. The molecule has 3 aromatic rings. The molecule has 0 saturated heterocycles. The predicted molar refractivity (Wildman–Crippen MR) is 119 cm³/mol. The van der Waals surface area contributed by atoms with Crippen LogP contribution in [0.5, 0.6) is 0 Å². The fourth-order valence-electron chi connectivity index (χ4n) is 3.75. The molecule has 3 aromatic carbocycles. The van der Waals surface area contributed by atoms with Crippen molar-refractivity contribution in [2.75, 3.05) is 18.5 Å². The zero-order valence-electron chi connectivity index (χ0n) is 16.8. The Morgan fingerprint density at radius 3 is 2.10 bits per heavy atom. The standard InChI is InChI=1S/C24H20ClN3O3/c1-28-20-13-12-18(25)14-19(20)24(23(28)31,27-22(30)17-10-6-3-7-11-17)15-26-21(29)16-8-4-2-5-9-16/h2-14H,15H2,1H3,(H,26,29)(H,27,30). The van der Waals surface area contributed by atoms with Crippen molar-refractivity contribution in [1.29, 1.82) is 0 Å². The van der Waals surface area contributed by atoms with Crippen LogP contribution in [-0.2, 0) is 10.3 Å². The molecule has 156 valence electrons. The van der Waals surface area contributed by atoms with Crippen molar-refractivity contribution >= 4 is 35.0 Å². The number of nitrogens with one attached hydrogen (secondary N) is 2. The molecule has 2 N–H and O–H groups in total. The van der Waals surface area contributed by atoms with Crippen LogP contribution < -0.4 is 15.5 Å². The minimum absolute atomic E-state index is 0.129. The Morgan fingerprint density at radius 1 is 0.903 bits per heavy atom. The summed E-state index contributed by atoms with van der Waals surface area (Å²) in [5.74, 6) is -1.13. The molecule has 1 atom stereocenters. The molecule has 6 nitrogen and oxygen atoms in total. The van der Waals surface area contributed by atoms with Gasteiger partial charge in [0.15, 0.2) is 5.54 Å². The molecule has 31 heavy (non-hydrogen) atoms. The largest absolute Gasteiger partial charge is 0.349 e. The highest BCUT2D eigenvalue weighted by Gasteiger charge is 2.51. The third-order valence-corrected chi connectivity index (χ3v) is 5.60. The number of nitrogens with zero attached hydrogens (tertiary/aromatic N) is 1. The Labute approximate surface area is 184 Å². The molecule has 0 fully saturated rings. The summed E-state index contributed by atoms with van der Waals surface area (Å²) in [6.45, 7) is -0.129. The van der Waals surface area contributed by atoms with E-state index in [9.17, 15) is 14.4 Å². The number of hydrogen-bond acceptors (Lipinski definition) is 3. The molecule has 0 spiro atoms. The van der Waals surface area contributed by atoms with Crippen molar-refractivity contribution in [2.45, 2.75) is 5.54 Å². The molecule has 0 bridgehead atoms.